The van der Waals surface area contributed by atoms with Gasteiger partial charge in [-0.05, 0) is 24.6 Å². The van der Waals surface area contributed by atoms with Crippen molar-refractivity contribution in [2.75, 3.05) is 5.32 Å². The number of carbonyl (C=O) groups is 2. The average molecular weight is 314 g/mol. The third-order valence-electron chi connectivity index (χ3n) is 3.40. The standard InChI is InChI=1S/C13H18N2O5S/c1-7(8(2)13(17)18)12(16)15-10-5-4-6-11(9(10)3)21(14,19)20/h4-8H,1-3H3,(H,15,16)(H,17,18)(H2,14,19,20). The monoisotopic (exact) mass is 314 g/mol. The summed E-state index contributed by atoms with van der Waals surface area (Å²) in [5.41, 5.74) is 0.597. The summed E-state index contributed by atoms with van der Waals surface area (Å²) in [6.07, 6.45) is 0. The van der Waals surface area contributed by atoms with Crippen molar-refractivity contribution in [3.05, 3.63) is 23.8 Å². The largest absolute Gasteiger partial charge is 0.481 e. The summed E-state index contributed by atoms with van der Waals surface area (Å²) in [6, 6.07) is 4.32. The summed E-state index contributed by atoms with van der Waals surface area (Å²) < 4.78 is 22.8. The third kappa shape index (κ3) is 4.02. The van der Waals surface area contributed by atoms with Gasteiger partial charge in [-0.1, -0.05) is 19.9 Å². The molecule has 0 saturated carbocycles. The van der Waals surface area contributed by atoms with Gasteiger partial charge in [0.2, 0.25) is 15.9 Å². The van der Waals surface area contributed by atoms with E-state index < -0.39 is 33.7 Å². The van der Waals surface area contributed by atoms with Crippen molar-refractivity contribution in [1.82, 2.24) is 0 Å². The Balaban J connectivity index is 3.05. The van der Waals surface area contributed by atoms with Crippen molar-refractivity contribution in [2.24, 2.45) is 17.0 Å². The van der Waals surface area contributed by atoms with E-state index in [1.54, 1.807) is 0 Å². The van der Waals surface area contributed by atoms with Gasteiger partial charge in [0, 0.05) is 11.6 Å². The maximum Gasteiger partial charge on any atom is 0.307 e. The molecule has 4 N–H and O–H groups in total. The predicted molar refractivity (Wildman–Crippen MR) is 77.1 cm³/mol. The van der Waals surface area contributed by atoms with Crippen LogP contribution in [0.25, 0.3) is 0 Å². The first-order valence-electron chi connectivity index (χ1n) is 6.21. The highest BCUT2D eigenvalue weighted by Gasteiger charge is 2.26. The molecule has 116 valence electrons. The molecule has 0 saturated heterocycles. The Morgan fingerprint density at radius 3 is 2.29 bits per heavy atom. The zero-order valence-corrected chi connectivity index (χ0v) is 12.8. The van der Waals surface area contributed by atoms with Crippen LogP contribution in [0.15, 0.2) is 23.1 Å². The molecule has 0 aromatic heterocycles. The molecule has 1 aromatic carbocycles. The summed E-state index contributed by atoms with van der Waals surface area (Å²) in [5.74, 6) is -3.20. The van der Waals surface area contributed by atoms with Crippen molar-refractivity contribution in [3.8, 4) is 0 Å². The van der Waals surface area contributed by atoms with Gasteiger partial charge in [0.15, 0.2) is 0 Å². The number of carboxylic acid groups (broad SMARTS) is 1. The van der Waals surface area contributed by atoms with Gasteiger partial charge in [0.25, 0.3) is 0 Å². The number of nitrogens with one attached hydrogen (secondary N) is 1. The number of carboxylic acids is 1. The number of anilines is 1. The minimum absolute atomic E-state index is 0.0840. The van der Waals surface area contributed by atoms with Crippen LogP contribution in [0.1, 0.15) is 19.4 Å². The van der Waals surface area contributed by atoms with Gasteiger partial charge in [-0.3, -0.25) is 9.59 Å². The molecule has 1 aromatic rings. The highest BCUT2D eigenvalue weighted by Crippen LogP contribution is 2.23. The van der Waals surface area contributed by atoms with Crippen LogP contribution in [0.5, 0.6) is 0 Å². The molecule has 0 aliphatic heterocycles. The minimum Gasteiger partial charge on any atom is -0.481 e. The lowest BCUT2D eigenvalue weighted by molar-refractivity contribution is -0.145. The highest BCUT2D eigenvalue weighted by atomic mass is 32.2. The van der Waals surface area contributed by atoms with E-state index in [1.807, 2.05) is 0 Å². The van der Waals surface area contributed by atoms with Crippen molar-refractivity contribution in [1.29, 1.82) is 0 Å². The fourth-order valence-electron chi connectivity index (χ4n) is 1.75. The molecule has 2 atom stereocenters. The van der Waals surface area contributed by atoms with Crippen molar-refractivity contribution < 1.29 is 23.1 Å². The van der Waals surface area contributed by atoms with Crippen LogP contribution < -0.4 is 10.5 Å². The lowest BCUT2D eigenvalue weighted by Crippen LogP contribution is -2.30. The zero-order chi connectivity index (χ0) is 16.4. The molecule has 1 amide bonds. The lowest BCUT2D eigenvalue weighted by atomic mass is 9.95. The molecular formula is C13H18N2O5S. The number of hydrogen-bond donors (Lipinski definition) is 3. The van der Waals surface area contributed by atoms with Crippen LogP contribution in [-0.4, -0.2) is 25.4 Å². The molecule has 0 aliphatic rings. The van der Waals surface area contributed by atoms with E-state index >= 15 is 0 Å². The topological polar surface area (TPSA) is 127 Å². The minimum atomic E-state index is -3.89. The van der Waals surface area contributed by atoms with Gasteiger partial charge < -0.3 is 10.4 Å². The number of nitrogens with two attached hydrogens (primary N) is 1. The number of rotatable bonds is 5. The first kappa shape index (κ1) is 17.1. The van der Waals surface area contributed by atoms with Crippen molar-refractivity contribution in [2.45, 2.75) is 25.7 Å². The summed E-state index contributed by atoms with van der Waals surface area (Å²) in [4.78, 5) is 22.8. The normalized spacial score (nSPS) is 14.3. The Labute approximate surface area is 123 Å². The Hall–Kier alpha value is -1.93. The lowest BCUT2D eigenvalue weighted by Gasteiger charge is -2.17. The molecule has 0 heterocycles. The van der Waals surface area contributed by atoms with E-state index in [1.165, 1.54) is 39.0 Å². The number of sulfonamides is 1. The molecule has 0 spiro atoms. The van der Waals surface area contributed by atoms with E-state index in [0.717, 1.165) is 0 Å². The number of hydrogen-bond acceptors (Lipinski definition) is 4. The van der Waals surface area contributed by atoms with Gasteiger partial charge in [-0.2, -0.15) is 0 Å². The fraction of sp³-hybridized carbons (Fsp3) is 0.385. The summed E-state index contributed by atoms with van der Waals surface area (Å²) in [6.45, 7) is 4.44. The maximum atomic E-state index is 12.0. The summed E-state index contributed by atoms with van der Waals surface area (Å²) in [7, 11) is -3.89. The molecule has 7 nitrogen and oxygen atoms in total. The first-order valence-corrected chi connectivity index (χ1v) is 7.76. The Morgan fingerprint density at radius 2 is 1.81 bits per heavy atom. The van der Waals surface area contributed by atoms with E-state index in [4.69, 9.17) is 10.2 Å². The number of carbonyl (C=O) groups excluding carboxylic acids is 1. The molecule has 21 heavy (non-hydrogen) atoms. The number of primary sulfonamides is 1. The van der Waals surface area contributed by atoms with Gasteiger partial charge in [0.1, 0.15) is 0 Å². The smallest absolute Gasteiger partial charge is 0.307 e. The first-order chi connectivity index (χ1) is 9.55. The average Bonchev–Trinajstić information content (AvgIpc) is 2.37. The Bertz CT molecular complexity index is 669. The van der Waals surface area contributed by atoms with Gasteiger partial charge in [0.05, 0.1) is 10.8 Å². The second-order valence-electron chi connectivity index (χ2n) is 4.88. The van der Waals surface area contributed by atoms with E-state index in [0.29, 0.717) is 5.56 Å². The Kier molecular flexibility index (Phi) is 5.08. The zero-order valence-electron chi connectivity index (χ0n) is 12.0. The summed E-state index contributed by atoms with van der Waals surface area (Å²) in [5, 5.41) is 16.5. The fourth-order valence-corrected chi connectivity index (χ4v) is 2.55. The molecule has 0 radical (unpaired) electrons. The number of aliphatic carboxylic acids is 1. The van der Waals surface area contributed by atoms with Gasteiger partial charge in [-0.25, -0.2) is 13.6 Å². The van der Waals surface area contributed by atoms with Crippen LogP contribution >= 0.6 is 0 Å². The van der Waals surface area contributed by atoms with Gasteiger partial charge in [-0.15, -0.1) is 0 Å². The van der Waals surface area contributed by atoms with Crippen molar-refractivity contribution in [3.63, 3.8) is 0 Å². The molecule has 2 unspecified atom stereocenters. The number of amides is 1. The van der Waals surface area contributed by atoms with Crippen LogP contribution in [0, 0.1) is 18.8 Å². The SMILES string of the molecule is Cc1c(NC(=O)C(C)C(C)C(=O)O)cccc1S(N)(=O)=O. The van der Waals surface area contributed by atoms with Crippen LogP contribution in [0.4, 0.5) is 5.69 Å². The Morgan fingerprint density at radius 1 is 1.24 bits per heavy atom. The molecule has 0 bridgehead atoms. The van der Waals surface area contributed by atoms with Gasteiger partial charge >= 0.3 is 5.97 Å². The second kappa shape index (κ2) is 6.23. The van der Waals surface area contributed by atoms with E-state index in [2.05, 4.69) is 5.32 Å². The van der Waals surface area contributed by atoms with Crippen LogP contribution in [-0.2, 0) is 19.6 Å². The number of benzene rings is 1. The van der Waals surface area contributed by atoms with E-state index in [-0.39, 0.29) is 10.6 Å². The second-order valence-corrected chi connectivity index (χ2v) is 6.41. The molecule has 8 heteroatoms. The molecule has 0 fully saturated rings. The highest BCUT2D eigenvalue weighted by molar-refractivity contribution is 7.89. The van der Waals surface area contributed by atoms with Crippen molar-refractivity contribution >= 4 is 27.6 Å². The van der Waals surface area contributed by atoms with Crippen LogP contribution in [0.2, 0.25) is 0 Å². The maximum absolute atomic E-state index is 12.0. The molecule has 0 aliphatic carbocycles. The third-order valence-corrected chi connectivity index (χ3v) is 4.46. The quantitative estimate of drug-likeness (QED) is 0.745. The van der Waals surface area contributed by atoms with Crippen LogP contribution in [0.3, 0.4) is 0 Å². The predicted octanol–water partition coefficient (Wildman–Crippen LogP) is 0.938. The molecular weight excluding hydrogens is 296 g/mol. The van der Waals surface area contributed by atoms with E-state index in [9.17, 15) is 18.0 Å². The summed E-state index contributed by atoms with van der Waals surface area (Å²) >= 11 is 0. The molecule has 1 rings (SSSR count).